The second-order valence-corrected chi connectivity index (χ2v) is 8.18. The molecule has 2 fully saturated rings. The van der Waals surface area contributed by atoms with E-state index in [1.54, 1.807) is 35.3 Å². The Bertz CT molecular complexity index is 526. The second kappa shape index (κ2) is 4.56. The van der Waals surface area contributed by atoms with Gasteiger partial charge in [0.15, 0.2) is 0 Å². The molecule has 19 heavy (non-hydrogen) atoms. The minimum absolute atomic E-state index is 0.127. The molecular weight excluding hydrogens is 264 g/mol. The number of nitrogens with zero attached hydrogens (tertiary/aromatic N) is 4. The molecule has 2 aliphatic rings. The maximum atomic E-state index is 12.4. The van der Waals surface area contributed by atoms with E-state index in [4.69, 9.17) is 0 Å². The fraction of sp³-hybridized carbons (Fsp3) is 0.833. The first-order chi connectivity index (χ1) is 9.00. The SMILES string of the molecule is CC(C)S(=O)(=O)N1C2CCC1CC(n1nccn1)C2. The van der Waals surface area contributed by atoms with E-state index >= 15 is 0 Å². The van der Waals surface area contributed by atoms with Crippen LogP contribution in [0.2, 0.25) is 0 Å². The minimum atomic E-state index is -3.14. The molecular formula is C12H20N4O2S. The third-order valence-electron chi connectivity index (χ3n) is 4.29. The molecule has 1 aromatic heterocycles. The molecule has 0 radical (unpaired) electrons. The number of rotatable bonds is 3. The van der Waals surface area contributed by atoms with Crippen LogP contribution >= 0.6 is 0 Å². The van der Waals surface area contributed by atoms with Crippen molar-refractivity contribution in [1.29, 1.82) is 0 Å². The van der Waals surface area contributed by atoms with E-state index < -0.39 is 10.0 Å². The van der Waals surface area contributed by atoms with Gasteiger partial charge in [-0.05, 0) is 39.5 Å². The standard InChI is InChI=1S/C12H20N4O2S/c1-9(2)19(17,18)15-10-3-4-11(15)8-12(7-10)16-13-5-6-14-16/h5-6,9-12H,3-4,7-8H2,1-2H3. The molecule has 2 unspecified atom stereocenters. The van der Waals surface area contributed by atoms with Crippen molar-refractivity contribution in [2.24, 2.45) is 0 Å². The summed E-state index contributed by atoms with van der Waals surface area (Å²) in [5.41, 5.74) is 0. The molecule has 0 spiro atoms. The first kappa shape index (κ1) is 13.1. The Labute approximate surface area is 113 Å². The summed E-state index contributed by atoms with van der Waals surface area (Å²) in [6.45, 7) is 3.52. The maximum absolute atomic E-state index is 12.4. The van der Waals surface area contributed by atoms with Crippen molar-refractivity contribution in [2.45, 2.75) is 62.9 Å². The molecule has 2 saturated heterocycles. The average molecular weight is 284 g/mol. The van der Waals surface area contributed by atoms with E-state index in [0.717, 1.165) is 25.7 Å². The van der Waals surface area contributed by atoms with Gasteiger partial charge in [-0.1, -0.05) is 0 Å². The van der Waals surface area contributed by atoms with Crippen LogP contribution in [0.5, 0.6) is 0 Å². The van der Waals surface area contributed by atoms with Gasteiger partial charge in [0.1, 0.15) is 0 Å². The van der Waals surface area contributed by atoms with Gasteiger partial charge in [-0.25, -0.2) is 8.42 Å². The molecule has 3 heterocycles. The second-order valence-electron chi connectivity index (χ2n) is 5.78. The lowest BCUT2D eigenvalue weighted by Gasteiger charge is -2.38. The van der Waals surface area contributed by atoms with Gasteiger partial charge in [0.2, 0.25) is 10.0 Å². The Kier molecular flexibility index (Phi) is 3.13. The van der Waals surface area contributed by atoms with E-state index in [1.807, 2.05) is 0 Å². The third kappa shape index (κ3) is 2.08. The first-order valence-electron chi connectivity index (χ1n) is 6.88. The lowest BCUT2D eigenvalue weighted by Crippen LogP contribution is -2.49. The summed E-state index contributed by atoms with van der Waals surface area (Å²) >= 11 is 0. The highest BCUT2D eigenvalue weighted by Crippen LogP contribution is 2.42. The summed E-state index contributed by atoms with van der Waals surface area (Å²) in [5, 5.41) is 8.05. The van der Waals surface area contributed by atoms with E-state index in [-0.39, 0.29) is 23.4 Å². The normalized spacial score (nSPS) is 32.1. The van der Waals surface area contributed by atoms with Crippen LogP contribution in [0.1, 0.15) is 45.6 Å². The fourth-order valence-electron chi connectivity index (χ4n) is 3.37. The number of aromatic nitrogens is 3. The number of sulfonamides is 1. The zero-order valence-corrected chi connectivity index (χ0v) is 12.1. The van der Waals surface area contributed by atoms with Crippen LogP contribution in [0.4, 0.5) is 0 Å². The van der Waals surface area contributed by atoms with Crippen LogP contribution in [0.15, 0.2) is 12.4 Å². The van der Waals surface area contributed by atoms with Gasteiger partial charge < -0.3 is 0 Å². The van der Waals surface area contributed by atoms with E-state index in [0.29, 0.717) is 0 Å². The molecule has 0 amide bonds. The molecule has 0 aliphatic carbocycles. The van der Waals surface area contributed by atoms with Gasteiger partial charge in [0.05, 0.1) is 23.7 Å². The summed E-state index contributed by atoms with van der Waals surface area (Å²) < 4.78 is 26.6. The van der Waals surface area contributed by atoms with Crippen molar-refractivity contribution >= 4 is 10.0 Å². The van der Waals surface area contributed by atoms with Gasteiger partial charge in [0, 0.05) is 12.1 Å². The van der Waals surface area contributed by atoms with Gasteiger partial charge in [-0.2, -0.15) is 19.3 Å². The van der Waals surface area contributed by atoms with Crippen LogP contribution in [0, 0.1) is 0 Å². The topological polar surface area (TPSA) is 68.1 Å². The molecule has 2 atom stereocenters. The zero-order valence-electron chi connectivity index (χ0n) is 11.3. The summed E-state index contributed by atoms with van der Waals surface area (Å²) in [5.74, 6) is 0. The Hall–Kier alpha value is -0.950. The molecule has 2 bridgehead atoms. The van der Waals surface area contributed by atoms with E-state index in [1.165, 1.54) is 0 Å². The largest absolute Gasteiger partial charge is 0.216 e. The van der Waals surface area contributed by atoms with Crippen molar-refractivity contribution in [3.63, 3.8) is 0 Å². The Morgan fingerprint density at radius 1 is 1.05 bits per heavy atom. The van der Waals surface area contributed by atoms with Crippen LogP contribution in [-0.2, 0) is 10.0 Å². The van der Waals surface area contributed by atoms with Crippen LogP contribution < -0.4 is 0 Å². The molecule has 2 aliphatic heterocycles. The third-order valence-corrected chi connectivity index (χ3v) is 6.67. The molecule has 106 valence electrons. The summed E-state index contributed by atoms with van der Waals surface area (Å²) in [6.07, 6.45) is 6.95. The van der Waals surface area contributed by atoms with Crippen LogP contribution in [0.25, 0.3) is 0 Å². The van der Waals surface area contributed by atoms with Crippen LogP contribution in [0.3, 0.4) is 0 Å². The fourth-order valence-corrected chi connectivity index (χ4v) is 5.07. The Balaban J connectivity index is 1.84. The van der Waals surface area contributed by atoms with Gasteiger partial charge in [-0.3, -0.25) is 0 Å². The number of hydrogen-bond acceptors (Lipinski definition) is 4. The highest BCUT2D eigenvalue weighted by atomic mass is 32.2. The van der Waals surface area contributed by atoms with Gasteiger partial charge in [-0.15, -0.1) is 0 Å². The van der Waals surface area contributed by atoms with Gasteiger partial charge >= 0.3 is 0 Å². The van der Waals surface area contributed by atoms with Gasteiger partial charge in [0.25, 0.3) is 0 Å². The smallest absolute Gasteiger partial charge is 0.212 e. The summed E-state index contributed by atoms with van der Waals surface area (Å²) in [7, 11) is -3.14. The summed E-state index contributed by atoms with van der Waals surface area (Å²) in [6, 6.07) is 0.496. The van der Waals surface area contributed by atoms with Crippen molar-refractivity contribution in [1.82, 2.24) is 19.3 Å². The van der Waals surface area contributed by atoms with Crippen molar-refractivity contribution in [3.05, 3.63) is 12.4 Å². The predicted octanol–water partition coefficient (Wildman–Crippen LogP) is 1.18. The van der Waals surface area contributed by atoms with Crippen molar-refractivity contribution in [3.8, 4) is 0 Å². The molecule has 6 nitrogen and oxygen atoms in total. The highest BCUT2D eigenvalue weighted by molar-refractivity contribution is 7.89. The number of piperidine rings is 1. The lowest BCUT2D eigenvalue weighted by molar-refractivity contribution is 0.173. The predicted molar refractivity (Wildman–Crippen MR) is 71.0 cm³/mol. The Morgan fingerprint density at radius 3 is 2.05 bits per heavy atom. The molecule has 3 rings (SSSR count). The molecule has 0 aromatic carbocycles. The summed E-state index contributed by atoms with van der Waals surface area (Å²) in [4.78, 5) is 1.74. The molecule has 1 aromatic rings. The lowest BCUT2D eigenvalue weighted by atomic mass is 10.0. The van der Waals surface area contributed by atoms with Crippen molar-refractivity contribution in [2.75, 3.05) is 0 Å². The number of hydrogen-bond donors (Lipinski definition) is 0. The van der Waals surface area contributed by atoms with E-state index in [9.17, 15) is 8.42 Å². The number of fused-ring (bicyclic) bond motifs is 2. The maximum Gasteiger partial charge on any atom is 0.216 e. The quantitative estimate of drug-likeness (QED) is 0.836. The molecule has 0 N–H and O–H groups in total. The van der Waals surface area contributed by atoms with Crippen molar-refractivity contribution < 1.29 is 8.42 Å². The highest BCUT2D eigenvalue weighted by Gasteiger charge is 2.48. The Morgan fingerprint density at radius 2 is 1.58 bits per heavy atom. The van der Waals surface area contributed by atoms with Crippen LogP contribution in [-0.4, -0.2) is 45.1 Å². The minimum Gasteiger partial charge on any atom is -0.212 e. The van der Waals surface area contributed by atoms with E-state index in [2.05, 4.69) is 10.2 Å². The average Bonchev–Trinajstić information content (AvgIpc) is 2.96. The molecule has 0 saturated carbocycles. The first-order valence-corrected chi connectivity index (χ1v) is 8.38. The monoisotopic (exact) mass is 284 g/mol. The molecule has 7 heteroatoms. The zero-order chi connectivity index (χ0) is 13.6.